The van der Waals surface area contributed by atoms with Crippen LogP contribution < -0.4 is 4.90 Å². The molecule has 1 amide bonds. The molecule has 0 atom stereocenters. The van der Waals surface area contributed by atoms with Gasteiger partial charge in [0.2, 0.25) is 0 Å². The molecule has 1 aliphatic heterocycles. The van der Waals surface area contributed by atoms with Gasteiger partial charge in [-0.3, -0.25) is 4.79 Å². The minimum atomic E-state index is 0.0938. The van der Waals surface area contributed by atoms with Crippen LogP contribution in [0.5, 0.6) is 0 Å². The highest BCUT2D eigenvalue weighted by atomic mass is 16.2. The lowest BCUT2D eigenvalue weighted by molar-refractivity contribution is 0.0748. The number of fused-ring (bicyclic) bond motifs is 2. The van der Waals surface area contributed by atoms with Crippen LogP contribution >= 0.6 is 0 Å². The molecule has 0 spiro atoms. The SMILES string of the molecule is CCc1cc(N2CCN(C(=O)c3cccc4ccccc34)CC2)n2ncnc2n1. The summed E-state index contributed by atoms with van der Waals surface area (Å²) in [5, 5.41) is 6.43. The van der Waals surface area contributed by atoms with E-state index in [9.17, 15) is 4.79 Å². The smallest absolute Gasteiger partial charge is 0.254 e. The van der Waals surface area contributed by atoms with Gasteiger partial charge in [-0.05, 0) is 23.3 Å². The topological polar surface area (TPSA) is 66.6 Å². The Hall–Kier alpha value is -3.48. The van der Waals surface area contributed by atoms with Gasteiger partial charge < -0.3 is 9.80 Å². The van der Waals surface area contributed by atoms with E-state index in [4.69, 9.17) is 0 Å². The number of amides is 1. The first-order chi connectivity index (χ1) is 14.2. The standard InChI is InChI=1S/C22H22N6O/c1-2-17-14-20(28-22(25-17)23-15-24-28)26-10-12-27(13-11-26)21(29)19-9-5-7-16-6-3-4-8-18(16)19/h3-9,14-15H,2,10-13H2,1H3. The summed E-state index contributed by atoms with van der Waals surface area (Å²) in [5.74, 6) is 1.70. The number of nitrogens with zero attached hydrogens (tertiary/aromatic N) is 6. The van der Waals surface area contributed by atoms with E-state index in [2.05, 4.69) is 33.0 Å². The molecule has 1 aliphatic rings. The number of hydrogen-bond donors (Lipinski definition) is 0. The molecule has 1 fully saturated rings. The molecule has 7 heteroatoms. The summed E-state index contributed by atoms with van der Waals surface area (Å²) in [7, 11) is 0. The second kappa shape index (κ2) is 7.16. The van der Waals surface area contributed by atoms with Crippen LogP contribution in [0.15, 0.2) is 54.9 Å². The molecule has 7 nitrogen and oxygen atoms in total. The number of anilines is 1. The van der Waals surface area contributed by atoms with E-state index in [-0.39, 0.29) is 5.91 Å². The number of aryl methyl sites for hydroxylation is 1. The lowest BCUT2D eigenvalue weighted by Gasteiger charge is -2.36. The Kier molecular flexibility index (Phi) is 4.35. The van der Waals surface area contributed by atoms with Gasteiger partial charge in [-0.2, -0.15) is 14.6 Å². The van der Waals surface area contributed by atoms with Gasteiger partial charge in [-0.25, -0.2) is 4.98 Å². The first-order valence-electron chi connectivity index (χ1n) is 9.96. The molecule has 2 aromatic carbocycles. The second-order valence-corrected chi connectivity index (χ2v) is 7.24. The fraction of sp³-hybridized carbons (Fsp3) is 0.273. The fourth-order valence-corrected chi connectivity index (χ4v) is 3.97. The van der Waals surface area contributed by atoms with Crippen molar-refractivity contribution in [3.05, 3.63) is 66.1 Å². The van der Waals surface area contributed by atoms with Crippen molar-refractivity contribution >= 4 is 28.3 Å². The van der Waals surface area contributed by atoms with Gasteiger partial charge in [0.15, 0.2) is 0 Å². The summed E-state index contributed by atoms with van der Waals surface area (Å²) in [6.45, 7) is 4.92. The maximum atomic E-state index is 13.2. The highest BCUT2D eigenvalue weighted by Gasteiger charge is 2.25. The van der Waals surface area contributed by atoms with Gasteiger partial charge in [-0.15, -0.1) is 0 Å². The monoisotopic (exact) mass is 386 g/mol. The molecule has 0 bridgehead atoms. The Labute approximate surface area is 168 Å². The number of benzene rings is 2. The van der Waals surface area contributed by atoms with Crippen molar-refractivity contribution in [1.29, 1.82) is 0 Å². The van der Waals surface area contributed by atoms with Crippen LogP contribution in [0.2, 0.25) is 0 Å². The molecule has 0 N–H and O–H groups in total. The molecule has 4 aromatic rings. The molecular weight excluding hydrogens is 364 g/mol. The molecular formula is C22H22N6O. The number of piperazine rings is 1. The number of aromatic nitrogens is 4. The quantitative estimate of drug-likeness (QED) is 0.542. The Morgan fingerprint density at radius 3 is 2.66 bits per heavy atom. The van der Waals surface area contributed by atoms with Crippen LogP contribution in [0.3, 0.4) is 0 Å². The molecule has 2 aromatic heterocycles. The third-order valence-corrected chi connectivity index (χ3v) is 5.56. The van der Waals surface area contributed by atoms with Gasteiger partial charge in [-0.1, -0.05) is 43.3 Å². The zero-order chi connectivity index (χ0) is 19.8. The molecule has 146 valence electrons. The minimum Gasteiger partial charge on any atom is -0.353 e. The first kappa shape index (κ1) is 17.6. The van der Waals surface area contributed by atoms with Crippen LogP contribution in [-0.4, -0.2) is 56.6 Å². The molecule has 3 heterocycles. The summed E-state index contributed by atoms with van der Waals surface area (Å²) in [5.41, 5.74) is 1.77. The molecule has 1 saturated heterocycles. The summed E-state index contributed by atoms with van der Waals surface area (Å²) in [6, 6.07) is 16.0. The maximum Gasteiger partial charge on any atom is 0.254 e. The van der Waals surface area contributed by atoms with Gasteiger partial charge >= 0.3 is 0 Å². The predicted molar refractivity (Wildman–Crippen MR) is 112 cm³/mol. The van der Waals surface area contributed by atoms with Crippen LogP contribution in [0.1, 0.15) is 23.0 Å². The number of hydrogen-bond acceptors (Lipinski definition) is 5. The lowest BCUT2D eigenvalue weighted by Crippen LogP contribution is -2.49. The van der Waals surface area contributed by atoms with E-state index >= 15 is 0 Å². The summed E-state index contributed by atoms with van der Waals surface area (Å²) in [6.07, 6.45) is 2.38. The first-order valence-corrected chi connectivity index (χ1v) is 9.96. The number of rotatable bonds is 3. The predicted octanol–water partition coefficient (Wildman–Crippen LogP) is 2.80. The molecule has 0 saturated carbocycles. The van der Waals surface area contributed by atoms with E-state index < -0.39 is 0 Å². The van der Waals surface area contributed by atoms with E-state index in [0.29, 0.717) is 18.9 Å². The van der Waals surface area contributed by atoms with Gasteiger partial charge in [0.1, 0.15) is 12.1 Å². The van der Waals surface area contributed by atoms with Gasteiger partial charge in [0, 0.05) is 43.5 Å². The molecule has 0 unspecified atom stereocenters. The van der Waals surface area contributed by atoms with E-state index in [1.54, 1.807) is 4.52 Å². The molecule has 29 heavy (non-hydrogen) atoms. The zero-order valence-electron chi connectivity index (χ0n) is 16.3. The minimum absolute atomic E-state index is 0.0938. The van der Waals surface area contributed by atoms with Crippen LogP contribution in [0, 0.1) is 0 Å². The summed E-state index contributed by atoms with van der Waals surface area (Å²) >= 11 is 0. The van der Waals surface area contributed by atoms with Crippen LogP contribution in [0.25, 0.3) is 16.6 Å². The largest absolute Gasteiger partial charge is 0.353 e. The number of carbonyl (C=O) groups excluding carboxylic acids is 1. The Morgan fingerprint density at radius 1 is 1.03 bits per heavy atom. The maximum absolute atomic E-state index is 13.2. The van der Waals surface area contributed by atoms with Gasteiger partial charge in [0.25, 0.3) is 11.7 Å². The van der Waals surface area contributed by atoms with Crippen molar-refractivity contribution in [2.45, 2.75) is 13.3 Å². The van der Waals surface area contributed by atoms with Crippen LogP contribution in [0.4, 0.5) is 5.82 Å². The Balaban J connectivity index is 1.38. The van der Waals surface area contributed by atoms with Crippen molar-refractivity contribution in [2.75, 3.05) is 31.1 Å². The van der Waals surface area contributed by atoms with E-state index in [1.807, 2.05) is 47.4 Å². The van der Waals surface area contributed by atoms with Crippen molar-refractivity contribution in [1.82, 2.24) is 24.5 Å². The average Bonchev–Trinajstić information content (AvgIpc) is 3.26. The van der Waals surface area contributed by atoms with Crippen molar-refractivity contribution in [3.8, 4) is 0 Å². The Morgan fingerprint density at radius 2 is 1.83 bits per heavy atom. The van der Waals surface area contributed by atoms with Crippen molar-refractivity contribution in [3.63, 3.8) is 0 Å². The lowest BCUT2D eigenvalue weighted by atomic mass is 10.0. The normalized spacial score (nSPS) is 14.7. The van der Waals surface area contributed by atoms with Crippen molar-refractivity contribution in [2.24, 2.45) is 0 Å². The zero-order valence-corrected chi connectivity index (χ0v) is 16.3. The Bertz CT molecular complexity index is 1190. The number of carbonyl (C=O) groups is 1. The molecule has 5 rings (SSSR count). The van der Waals surface area contributed by atoms with Gasteiger partial charge in [0.05, 0.1) is 0 Å². The summed E-state index contributed by atoms with van der Waals surface area (Å²) < 4.78 is 1.78. The second-order valence-electron chi connectivity index (χ2n) is 7.24. The van der Waals surface area contributed by atoms with Crippen LogP contribution in [-0.2, 0) is 6.42 Å². The average molecular weight is 386 g/mol. The molecule has 0 radical (unpaired) electrons. The molecule has 0 aliphatic carbocycles. The fourth-order valence-electron chi connectivity index (χ4n) is 3.97. The highest BCUT2D eigenvalue weighted by molar-refractivity contribution is 6.07. The third kappa shape index (κ3) is 3.08. The highest BCUT2D eigenvalue weighted by Crippen LogP contribution is 2.22. The van der Waals surface area contributed by atoms with E-state index in [1.165, 1.54) is 6.33 Å². The van der Waals surface area contributed by atoms with E-state index in [0.717, 1.165) is 47.4 Å². The third-order valence-electron chi connectivity index (χ3n) is 5.56. The van der Waals surface area contributed by atoms with Crippen molar-refractivity contribution < 1.29 is 4.79 Å². The summed E-state index contributed by atoms with van der Waals surface area (Å²) in [4.78, 5) is 26.2.